The Morgan fingerprint density at radius 2 is 1.82 bits per heavy atom. The molecule has 0 aromatic carbocycles. The van der Waals surface area contributed by atoms with E-state index in [0.717, 1.165) is 25.7 Å². The van der Waals surface area contributed by atoms with Crippen LogP contribution in [0.4, 0.5) is 0 Å². The number of hydrogen-bond donors (Lipinski definition) is 3. The second-order valence-electron chi connectivity index (χ2n) is 7.64. The normalized spacial score (nSPS) is 25.9. The summed E-state index contributed by atoms with van der Waals surface area (Å²) < 4.78 is 11.2. The van der Waals surface area contributed by atoms with Crippen molar-refractivity contribution in [3.63, 3.8) is 0 Å². The number of carboxylic acid groups (broad SMARTS) is 1. The molecule has 0 amide bonds. The summed E-state index contributed by atoms with van der Waals surface area (Å²) in [6.45, 7) is 2.15. The third-order valence-electron chi connectivity index (χ3n) is 5.64. The summed E-state index contributed by atoms with van der Waals surface area (Å²) in [7, 11) is 3.24. The van der Waals surface area contributed by atoms with Crippen LogP contribution in [0.2, 0.25) is 0 Å². The van der Waals surface area contributed by atoms with Gasteiger partial charge in [0, 0.05) is 39.4 Å². The topological polar surface area (TPSA) is 96.2 Å². The molecule has 0 aromatic heterocycles. The lowest BCUT2D eigenvalue weighted by molar-refractivity contribution is -0.175. The van der Waals surface area contributed by atoms with E-state index in [9.17, 15) is 15.0 Å². The van der Waals surface area contributed by atoms with Gasteiger partial charge in [0.15, 0.2) is 5.79 Å². The summed E-state index contributed by atoms with van der Waals surface area (Å²) in [6, 6.07) is 0. The van der Waals surface area contributed by atoms with E-state index in [2.05, 4.69) is 6.92 Å². The van der Waals surface area contributed by atoms with Gasteiger partial charge in [0.1, 0.15) is 0 Å². The van der Waals surface area contributed by atoms with Crippen LogP contribution < -0.4 is 0 Å². The number of methoxy groups -OCH3 is 2. The standard InChI is InChI=1S/C22H38O6/c1-4-5-10-14-22(27-2,28-3)15-13-18-17(19(23)16-20(18)24)11-8-6-7-9-12-21(25)26/h6,8,13,15,17-20,23-24H,4-5,7,9-12,14,16H2,1-3H3,(H,25,26)/b8-6-,15-13+/t17-,18-,19+,20-/m1/s1. The van der Waals surface area contributed by atoms with Crippen molar-refractivity contribution in [1.82, 2.24) is 0 Å². The molecular weight excluding hydrogens is 360 g/mol. The highest BCUT2D eigenvalue weighted by Gasteiger charge is 2.40. The molecule has 0 bridgehead atoms. The maximum absolute atomic E-state index is 10.5. The molecule has 0 heterocycles. The quantitative estimate of drug-likeness (QED) is 0.235. The van der Waals surface area contributed by atoms with Gasteiger partial charge in [0.25, 0.3) is 0 Å². The lowest BCUT2D eigenvalue weighted by Crippen LogP contribution is -2.32. The van der Waals surface area contributed by atoms with Crippen LogP contribution in [0.25, 0.3) is 0 Å². The van der Waals surface area contributed by atoms with Crippen molar-refractivity contribution in [2.45, 2.75) is 82.7 Å². The highest BCUT2D eigenvalue weighted by atomic mass is 16.7. The maximum atomic E-state index is 10.5. The Bertz CT molecular complexity index is 497. The molecule has 28 heavy (non-hydrogen) atoms. The molecule has 0 unspecified atom stereocenters. The molecule has 3 N–H and O–H groups in total. The van der Waals surface area contributed by atoms with Gasteiger partial charge in [-0.1, -0.05) is 38.0 Å². The van der Waals surface area contributed by atoms with Crippen LogP contribution in [0.3, 0.4) is 0 Å². The highest BCUT2D eigenvalue weighted by molar-refractivity contribution is 5.66. The molecule has 1 aliphatic carbocycles. The van der Waals surface area contributed by atoms with E-state index < -0.39 is 24.0 Å². The average molecular weight is 399 g/mol. The molecule has 1 saturated carbocycles. The largest absolute Gasteiger partial charge is 0.481 e. The van der Waals surface area contributed by atoms with E-state index >= 15 is 0 Å². The fourth-order valence-corrected chi connectivity index (χ4v) is 3.83. The Labute approximate surface area is 169 Å². The molecular formula is C22H38O6. The van der Waals surface area contributed by atoms with E-state index in [1.165, 1.54) is 0 Å². The minimum Gasteiger partial charge on any atom is -0.481 e. The Hall–Kier alpha value is -1.21. The number of hydrogen-bond acceptors (Lipinski definition) is 5. The zero-order valence-electron chi connectivity index (χ0n) is 17.5. The molecule has 4 atom stereocenters. The Morgan fingerprint density at radius 1 is 1.11 bits per heavy atom. The minimum absolute atomic E-state index is 0.0796. The number of aliphatic carboxylic acids is 1. The first-order valence-corrected chi connectivity index (χ1v) is 10.4. The predicted octanol–water partition coefficient (Wildman–Crippen LogP) is 3.67. The Morgan fingerprint density at radius 3 is 2.43 bits per heavy atom. The zero-order valence-corrected chi connectivity index (χ0v) is 17.5. The molecule has 0 spiro atoms. The van der Waals surface area contributed by atoms with E-state index in [1.807, 2.05) is 24.3 Å². The van der Waals surface area contributed by atoms with E-state index in [4.69, 9.17) is 14.6 Å². The maximum Gasteiger partial charge on any atom is 0.303 e. The van der Waals surface area contributed by atoms with Gasteiger partial charge in [-0.25, -0.2) is 0 Å². The van der Waals surface area contributed by atoms with Gasteiger partial charge >= 0.3 is 5.97 Å². The number of rotatable bonds is 14. The van der Waals surface area contributed by atoms with Crippen molar-refractivity contribution in [1.29, 1.82) is 0 Å². The number of carboxylic acids is 1. The summed E-state index contributed by atoms with van der Waals surface area (Å²) in [5.74, 6) is -1.84. The summed E-state index contributed by atoms with van der Waals surface area (Å²) in [4.78, 5) is 10.5. The lowest BCUT2D eigenvalue weighted by atomic mass is 9.89. The second kappa shape index (κ2) is 13.1. The van der Waals surface area contributed by atoms with Crippen molar-refractivity contribution < 1.29 is 29.6 Å². The zero-order chi connectivity index (χ0) is 21.0. The molecule has 0 aromatic rings. The number of unbranched alkanes of at least 4 members (excludes halogenated alkanes) is 3. The monoisotopic (exact) mass is 398 g/mol. The molecule has 6 nitrogen and oxygen atoms in total. The van der Waals surface area contributed by atoms with Crippen molar-refractivity contribution in [2.75, 3.05) is 14.2 Å². The van der Waals surface area contributed by atoms with Crippen molar-refractivity contribution in [3.8, 4) is 0 Å². The first-order valence-electron chi connectivity index (χ1n) is 10.4. The summed E-state index contributed by atoms with van der Waals surface area (Å²) in [6.07, 6.45) is 13.0. The molecule has 0 radical (unpaired) electrons. The van der Waals surface area contributed by atoms with Crippen molar-refractivity contribution >= 4 is 5.97 Å². The Kier molecular flexibility index (Phi) is 11.6. The fraction of sp³-hybridized carbons (Fsp3) is 0.773. The number of ether oxygens (including phenoxy) is 2. The summed E-state index contributed by atoms with van der Waals surface area (Å²) in [5, 5.41) is 29.4. The molecule has 1 aliphatic rings. The molecule has 0 aliphatic heterocycles. The first kappa shape index (κ1) is 24.8. The number of carbonyl (C=O) groups is 1. The van der Waals surface area contributed by atoms with E-state index in [0.29, 0.717) is 25.7 Å². The van der Waals surface area contributed by atoms with Gasteiger partial charge in [0.2, 0.25) is 0 Å². The molecule has 162 valence electrons. The van der Waals surface area contributed by atoms with Crippen LogP contribution in [0.15, 0.2) is 24.3 Å². The van der Waals surface area contributed by atoms with Crippen LogP contribution in [-0.2, 0) is 14.3 Å². The smallest absolute Gasteiger partial charge is 0.303 e. The summed E-state index contributed by atoms with van der Waals surface area (Å²) in [5.41, 5.74) is 0. The minimum atomic E-state index is -0.806. The molecule has 1 rings (SSSR count). The van der Waals surface area contributed by atoms with Gasteiger partial charge in [-0.2, -0.15) is 0 Å². The lowest BCUT2D eigenvalue weighted by Gasteiger charge is -2.29. The second-order valence-corrected chi connectivity index (χ2v) is 7.64. The SMILES string of the molecule is CCCCCC(/C=C/[C@@H]1[C@@H](C/C=C\CCCC(=O)O)[C@@H](O)C[C@H]1O)(OC)OC. The van der Waals surface area contributed by atoms with E-state index in [-0.39, 0.29) is 18.3 Å². The average Bonchev–Trinajstić information content (AvgIpc) is 2.94. The number of aliphatic hydroxyl groups excluding tert-OH is 2. The van der Waals surface area contributed by atoms with Crippen molar-refractivity contribution in [2.24, 2.45) is 11.8 Å². The van der Waals surface area contributed by atoms with Gasteiger partial charge in [-0.05, 0) is 37.7 Å². The first-order chi connectivity index (χ1) is 13.4. The number of aliphatic hydroxyl groups is 2. The van der Waals surface area contributed by atoms with Gasteiger partial charge < -0.3 is 24.8 Å². The third kappa shape index (κ3) is 8.03. The molecule has 1 fully saturated rings. The van der Waals surface area contributed by atoms with Crippen molar-refractivity contribution in [3.05, 3.63) is 24.3 Å². The summed E-state index contributed by atoms with van der Waals surface area (Å²) >= 11 is 0. The van der Waals surface area contributed by atoms with Gasteiger partial charge in [-0.15, -0.1) is 0 Å². The van der Waals surface area contributed by atoms with Crippen LogP contribution in [0.5, 0.6) is 0 Å². The predicted molar refractivity (Wildman–Crippen MR) is 109 cm³/mol. The number of allylic oxidation sites excluding steroid dienone is 2. The highest BCUT2D eigenvalue weighted by Crippen LogP contribution is 2.37. The van der Waals surface area contributed by atoms with E-state index in [1.54, 1.807) is 14.2 Å². The van der Waals surface area contributed by atoms with Gasteiger partial charge in [-0.3, -0.25) is 4.79 Å². The Balaban J connectivity index is 2.71. The fourth-order valence-electron chi connectivity index (χ4n) is 3.83. The van der Waals surface area contributed by atoms with Gasteiger partial charge in [0.05, 0.1) is 12.2 Å². The third-order valence-corrected chi connectivity index (χ3v) is 5.64. The van der Waals surface area contributed by atoms with Crippen LogP contribution in [-0.4, -0.2) is 53.5 Å². The molecule has 0 saturated heterocycles. The van der Waals surface area contributed by atoms with Crippen LogP contribution >= 0.6 is 0 Å². The molecule has 6 heteroatoms. The van der Waals surface area contributed by atoms with Crippen LogP contribution in [0, 0.1) is 11.8 Å². The van der Waals surface area contributed by atoms with Crippen LogP contribution in [0.1, 0.15) is 64.7 Å².